The van der Waals surface area contributed by atoms with Gasteiger partial charge in [0.1, 0.15) is 12.4 Å². The van der Waals surface area contributed by atoms with Crippen LogP contribution in [0.15, 0.2) is 47.0 Å². The van der Waals surface area contributed by atoms with E-state index in [1.54, 1.807) is 0 Å². The predicted octanol–water partition coefficient (Wildman–Crippen LogP) is 7.66. The third-order valence-corrected chi connectivity index (χ3v) is 10.8. The highest BCUT2D eigenvalue weighted by atomic mass is 32.2. The number of nitrogens with zero attached hydrogens (tertiary/aromatic N) is 1. The lowest BCUT2D eigenvalue weighted by atomic mass is 9.85. The third kappa shape index (κ3) is 16.5. The van der Waals surface area contributed by atoms with Crippen LogP contribution in [0.25, 0.3) is 0 Å². The Morgan fingerprint density at radius 2 is 1.67 bits per heavy atom. The maximum atomic E-state index is 14.0. The van der Waals surface area contributed by atoms with Gasteiger partial charge in [0.2, 0.25) is 11.8 Å². The largest absolute Gasteiger partial charge is 0.445 e. The number of amides is 3. The zero-order valence-corrected chi connectivity index (χ0v) is 33.8. The van der Waals surface area contributed by atoms with Gasteiger partial charge in [-0.3, -0.25) is 24.2 Å². The molecule has 11 heteroatoms. The number of carbonyl (C=O) groups is 5. The molecule has 1 heterocycles. The van der Waals surface area contributed by atoms with Crippen LogP contribution >= 0.6 is 11.8 Å². The van der Waals surface area contributed by atoms with Gasteiger partial charge in [-0.05, 0) is 62.3 Å². The lowest BCUT2D eigenvalue weighted by molar-refractivity contribution is -0.135. The van der Waals surface area contributed by atoms with Crippen molar-refractivity contribution in [1.29, 1.82) is 0 Å². The molecule has 0 fully saturated rings. The molecule has 0 saturated carbocycles. The van der Waals surface area contributed by atoms with E-state index < -0.39 is 24.0 Å². The van der Waals surface area contributed by atoms with Crippen LogP contribution in [0, 0.1) is 35.5 Å². The minimum Gasteiger partial charge on any atom is -0.445 e. The number of carbonyl (C=O) groups excluding carboxylic acids is 5. The van der Waals surface area contributed by atoms with Crippen molar-refractivity contribution in [3.63, 3.8) is 0 Å². The average Bonchev–Trinajstić information content (AvgIpc) is 3.09. The van der Waals surface area contributed by atoms with Crippen molar-refractivity contribution < 1.29 is 28.7 Å². The Bertz CT molecular complexity index is 1380. The fraction of sp³-hybridized carbons (Fsp3) is 0.659. The van der Waals surface area contributed by atoms with Gasteiger partial charge in [0.15, 0.2) is 11.0 Å². The molecule has 3 N–H and O–H groups in total. The first-order valence-corrected chi connectivity index (χ1v) is 20.0. The van der Waals surface area contributed by atoms with Crippen LogP contribution < -0.4 is 16.0 Å². The van der Waals surface area contributed by atoms with Crippen molar-refractivity contribution in [1.82, 2.24) is 16.0 Å². The number of hydrogen-bond acceptors (Lipinski definition) is 8. The number of thioether (sulfide) groups is 1. The zero-order chi connectivity index (χ0) is 38.8. The number of allylic oxidation sites excluding steroid dienone is 2. The number of alkyl carbamates (subject to hydrolysis) is 1. The topological polar surface area (TPSA) is 143 Å². The van der Waals surface area contributed by atoms with E-state index in [-0.39, 0.29) is 73.5 Å². The summed E-state index contributed by atoms with van der Waals surface area (Å²) >= 11 is 1.52. The van der Waals surface area contributed by atoms with Gasteiger partial charge >= 0.3 is 6.09 Å². The second-order valence-corrected chi connectivity index (χ2v) is 16.5. The van der Waals surface area contributed by atoms with Crippen LogP contribution in [0.4, 0.5) is 4.79 Å². The maximum absolute atomic E-state index is 14.0. The number of hydrogen-bond donors (Lipinski definition) is 3. The minimum atomic E-state index is -0.903. The van der Waals surface area contributed by atoms with Crippen LogP contribution in [0.5, 0.6) is 0 Å². The second-order valence-electron chi connectivity index (χ2n) is 15.1. The molecule has 0 bridgehead atoms. The summed E-state index contributed by atoms with van der Waals surface area (Å²) in [6.07, 6.45) is 4.45. The molecule has 290 valence electrons. The number of benzene rings is 1. The molecular formula is C41H64N4O6S. The Morgan fingerprint density at radius 1 is 0.981 bits per heavy atom. The Balaban J connectivity index is 2.19. The quantitative estimate of drug-likeness (QED) is 0.0868. The summed E-state index contributed by atoms with van der Waals surface area (Å²) in [6.45, 7) is 19.1. The van der Waals surface area contributed by atoms with Crippen LogP contribution in [0.3, 0.4) is 0 Å². The molecule has 1 aliphatic heterocycles. The molecule has 0 aromatic heterocycles. The van der Waals surface area contributed by atoms with E-state index in [4.69, 9.17) is 4.74 Å². The first-order valence-electron chi connectivity index (χ1n) is 19.1. The summed E-state index contributed by atoms with van der Waals surface area (Å²) in [7, 11) is 0. The molecule has 3 amide bonds. The molecule has 1 aliphatic rings. The number of Topliss-reactive ketones (excluding diaryl/α,β-unsaturated/α-hetero) is 2. The van der Waals surface area contributed by atoms with E-state index in [0.29, 0.717) is 35.7 Å². The summed E-state index contributed by atoms with van der Waals surface area (Å²) in [6, 6.07) is 8.45. The van der Waals surface area contributed by atoms with Gasteiger partial charge in [-0.25, -0.2) is 4.79 Å². The Hall–Kier alpha value is -3.47. The second kappa shape index (κ2) is 23.2. The molecule has 2 rings (SSSR count). The zero-order valence-electron chi connectivity index (χ0n) is 33.0. The van der Waals surface area contributed by atoms with Gasteiger partial charge < -0.3 is 20.7 Å². The SMILES string of the molecule is CC[C@@H](C)/C(C)=C/[C@@H](C)C(=O)C[C@H](C(=O)N[C@@H](CCCNC(=O)OCc1ccccc1)C(=O)C[C@@H](CC(C)C)C(=O)NC1=NCCC(C)S1)C(C)C. The Labute approximate surface area is 316 Å². The van der Waals surface area contributed by atoms with Crippen LogP contribution in [0.1, 0.15) is 113 Å². The predicted molar refractivity (Wildman–Crippen MR) is 211 cm³/mol. The molecule has 1 aromatic rings. The highest BCUT2D eigenvalue weighted by Gasteiger charge is 2.33. The number of aliphatic imine (C=N–C) groups is 1. The van der Waals surface area contributed by atoms with Crippen molar-refractivity contribution in [3.05, 3.63) is 47.5 Å². The number of ketones is 2. The average molecular weight is 741 g/mol. The van der Waals surface area contributed by atoms with Gasteiger partial charge in [-0.1, -0.05) is 109 Å². The Morgan fingerprint density at radius 3 is 2.29 bits per heavy atom. The molecule has 0 saturated heterocycles. The van der Waals surface area contributed by atoms with Crippen molar-refractivity contribution >= 4 is 46.4 Å². The number of rotatable bonds is 21. The molecule has 0 spiro atoms. The lowest BCUT2D eigenvalue weighted by Crippen LogP contribution is -2.47. The monoisotopic (exact) mass is 740 g/mol. The van der Waals surface area contributed by atoms with Gasteiger partial charge in [-0.2, -0.15) is 0 Å². The Kier molecular flexibility index (Phi) is 20.0. The van der Waals surface area contributed by atoms with Crippen LogP contribution in [-0.2, 0) is 30.5 Å². The van der Waals surface area contributed by atoms with E-state index in [1.165, 1.54) is 11.8 Å². The van der Waals surface area contributed by atoms with Crippen LogP contribution in [0.2, 0.25) is 0 Å². The molecule has 6 atom stereocenters. The van der Waals surface area contributed by atoms with Gasteiger partial charge in [0, 0.05) is 48.9 Å². The summed E-state index contributed by atoms with van der Waals surface area (Å²) in [5.74, 6) is -2.11. The normalized spacial score (nSPS) is 17.7. The molecule has 1 aromatic carbocycles. The summed E-state index contributed by atoms with van der Waals surface area (Å²) < 4.78 is 5.31. The van der Waals surface area contributed by atoms with Crippen LogP contribution in [-0.4, -0.2) is 59.0 Å². The van der Waals surface area contributed by atoms with E-state index in [0.717, 1.165) is 24.0 Å². The van der Waals surface area contributed by atoms with Gasteiger partial charge in [0.25, 0.3) is 0 Å². The summed E-state index contributed by atoms with van der Waals surface area (Å²) in [5.41, 5.74) is 2.02. The molecule has 0 aliphatic carbocycles. The summed E-state index contributed by atoms with van der Waals surface area (Å²) in [4.78, 5) is 71.6. The van der Waals surface area contributed by atoms with E-state index >= 15 is 0 Å². The first-order chi connectivity index (χ1) is 24.6. The highest BCUT2D eigenvalue weighted by Crippen LogP contribution is 2.25. The smallest absolute Gasteiger partial charge is 0.407 e. The minimum absolute atomic E-state index is 0.0240. The molecule has 1 unspecified atom stereocenters. The van der Waals surface area contributed by atoms with E-state index in [2.05, 4.69) is 41.7 Å². The third-order valence-electron chi connectivity index (χ3n) is 9.74. The van der Waals surface area contributed by atoms with Crippen molar-refractivity contribution in [2.24, 2.45) is 40.5 Å². The fourth-order valence-corrected chi connectivity index (χ4v) is 6.95. The molecule has 0 radical (unpaired) electrons. The van der Waals surface area contributed by atoms with Crippen molar-refractivity contribution in [2.75, 3.05) is 13.1 Å². The maximum Gasteiger partial charge on any atom is 0.407 e. The highest BCUT2D eigenvalue weighted by molar-refractivity contribution is 8.14. The first kappa shape index (κ1) is 44.7. The van der Waals surface area contributed by atoms with Gasteiger partial charge in [0.05, 0.1) is 6.04 Å². The van der Waals surface area contributed by atoms with E-state index in [9.17, 15) is 24.0 Å². The lowest BCUT2D eigenvalue weighted by Gasteiger charge is -2.26. The number of ether oxygens (including phenoxy) is 1. The summed E-state index contributed by atoms with van der Waals surface area (Å²) in [5, 5.41) is 9.56. The van der Waals surface area contributed by atoms with Crippen molar-refractivity contribution in [3.8, 4) is 0 Å². The van der Waals surface area contributed by atoms with E-state index in [1.807, 2.05) is 78.0 Å². The number of nitrogens with one attached hydrogen (secondary N) is 3. The fourth-order valence-electron chi connectivity index (χ4n) is 6.02. The number of amidine groups is 1. The molecular weight excluding hydrogens is 677 g/mol. The van der Waals surface area contributed by atoms with Gasteiger partial charge in [-0.15, -0.1) is 0 Å². The standard InChI is InChI=1S/C41H64N4O6S/c1-10-28(6)29(7)22-30(8)36(46)24-34(27(4)5)39(49)44-35(17-14-19-43-41(50)51-25-32-15-12-11-13-16-32)37(47)23-33(21-26(2)3)38(48)45-40-42-20-18-31(9)52-40/h11-13,15-16,22,26-28,30-31,33-35H,10,14,17-21,23-25H2,1-9H3,(H,43,50)(H,44,49)(H,42,45,48)/b29-22+/t28-,30-,31?,33-,34+,35+/m1/s1. The molecule has 10 nitrogen and oxygen atoms in total. The molecule has 52 heavy (non-hydrogen) atoms. The van der Waals surface area contributed by atoms with Crippen molar-refractivity contribution in [2.45, 2.75) is 125 Å².